The van der Waals surface area contributed by atoms with E-state index in [0.29, 0.717) is 41.7 Å². The number of carbonyl (C=O) groups is 2. The number of nitrogens with zero attached hydrogens (tertiary/aromatic N) is 1. The quantitative estimate of drug-likeness (QED) is 0.527. The average molecular weight is 407 g/mol. The zero-order valence-electron chi connectivity index (χ0n) is 16.3. The van der Waals surface area contributed by atoms with Crippen LogP contribution in [0.3, 0.4) is 0 Å². The molecular formula is C20H23ClN2O5. The summed E-state index contributed by atoms with van der Waals surface area (Å²) in [6.45, 7) is 7.73. The highest BCUT2D eigenvalue weighted by Gasteiger charge is 2.18. The summed E-state index contributed by atoms with van der Waals surface area (Å²) in [5, 5.41) is 2.71. The molecule has 0 aliphatic heterocycles. The van der Waals surface area contributed by atoms with Gasteiger partial charge in [-0.2, -0.15) is 0 Å². The number of aryl methyl sites for hydroxylation is 2. The Kier molecular flexibility index (Phi) is 7.63. The van der Waals surface area contributed by atoms with Crippen LogP contribution in [0.25, 0.3) is 0 Å². The minimum Gasteiger partial charge on any atom is -0.490 e. The van der Waals surface area contributed by atoms with Crippen molar-refractivity contribution in [1.82, 2.24) is 4.98 Å². The fourth-order valence-electron chi connectivity index (χ4n) is 2.57. The Morgan fingerprint density at radius 3 is 2.39 bits per heavy atom. The van der Waals surface area contributed by atoms with E-state index in [1.807, 2.05) is 13.8 Å². The number of benzene rings is 1. The van der Waals surface area contributed by atoms with Crippen molar-refractivity contribution in [2.45, 2.75) is 27.7 Å². The largest absolute Gasteiger partial charge is 0.490 e. The molecule has 1 N–H and O–H groups in total. The van der Waals surface area contributed by atoms with Crippen LogP contribution < -0.4 is 14.8 Å². The molecule has 2 aromatic rings. The number of nitrogens with one attached hydrogen (secondary N) is 1. The van der Waals surface area contributed by atoms with Crippen LogP contribution in [-0.4, -0.2) is 36.7 Å². The monoisotopic (exact) mass is 406 g/mol. The highest BCUT2D eigenvalue weighted by atomic mass is 35.5. The van der Waals surface area contributed by atoms with Crippen molar-refractivity contribution in [2.75, 3.05) is 25.1 Å². The Bertz CT molecular complexity index is 847. The normalized spacial score (nSPS) is 10.3. The van der Waals surface area contributed by atoms with Crippen LogP contribution in [0.5, 0.6) is 11.5 Å². The van der Waals surface area contributed by atoms with E-state index >= 15 is 0 Å². The summed E-state index contributed by atoms with van der Waals surface area (Å²) in [6, 6.07) is 6.76. The highest BCUT2D eigenvalue weighted by molar-refractivity contribution is 6.32. The van der Waals surface area contributed by atoms with Gasteiger partial charge in [0, 0.05) is 17.4 Å². The molecule has 0 spiro atoms. The van der Waals surface area contributed by atoms with Gasteiger partial charge in [-0.25, -0.2) is 9.78 Å². The van der Waals surface area contributed by atoms with Gasteiger partial charge in [0.15, 0.2) is 18.1 Å². The minimum atomic E-state index is -0.702. The summed E-state index contributed by atoms with van der Waals surface area (Å²) < 4.78 is 16.1. The second-order valence-corrected chi connectivity index (χ2v) is 6.26. The van der Waals surface area contributed by atoms with Crippen LogP contribution in [0.4, 0.5) is 5.69 Å². The molecule has 0 radical (unpaired) electrons. The van der Waals surface area contributed by atoms with Gasteiger partial charge in [0.2, 0.25) is 0 Å². The Balaban J connectivity index is 2.01. The molecule has 1 aromatic carbocycles. The minimum absolute atomic E-state index is 0.0516. The maximum absolute atomic E-state index is 12.2. The molecule has 8 heteroatoms. The van der Waals surface area contributed by atoms with Crippen LogP contribution in [0.1, 0.15) is 35.5 Å². The lowest BCUT2D eigenvalue weighted by molar-refractivity contribution is -0.119. The maximum atomic E-state index is 12.2. The van der Waals surface area contributed by atoms with E-state index in [2.05, 4.69) is 10.3 Å². The van der Waals surface area contributed by atoms with Crippen molar-refractivity contribution in [3.63, 3.8) is 0 Å². The summed E-state index contributed by atoms with van der Waals surface area (Å²) in [5.41, 5.74) is 1.98. The summed E-state index contributed by atoms with van der Waals surface area (Å²) >= 11 is 6.02. The van der Waals surface area contributed by atoms with Crippen molar-refractivity contribution in [3.8, 4) is 11.5 Å². The van der Waals surface area contributed by atoms with Gasteiger partial charge in [-0.05, 0) is 51.5 Å². The Labute approximate surface area is 169 Å². The second-order valence-electron chi connectivity index (χ2n) is 5.90. The Morgan fingerprint density at radius 2 is 1.75 bits per heavy atom. The molecule has 0 aliphatic rings. The van der Waals surface area contributed by atoms with E-state index in [4.69, 9.17) is 25.8 Å². The number of carbonyl (C=O) groups excluding carboxylic acids is 2. The first kappa shape index (κ1) is 21.5. The van der Waals surface area contributed by atoms with Crippen LogP contribution in [0.15, 0.2) is 24.3 Å². The number of hydrogen-bond acceptors (Lipinski definition) is 6. The van der Waals surface area contributed by atoms with Crippen molar-refractivity contribution in [2.24, 2.45) is 0 Å². The number of esters is 1. The molecule has 0 saturated carbocycles. The molecule has 1 amide bonds. The lowest BCUT2D eigenvalue weighted by Crippen LogP contribution is -2.21. The SMILES string of the molecule is CCOc1ccc(NC(=O)COC(=O)c2c(C)cc(C)nc2Cl)cc1OCC. The summed E-state index contributed by atoms with van der Waals surface area (Å²) in [5.74, 6) is -0.0845. The van der Waals surface area contributed by atoms with E-state index in [1.54, 1.807) is 38.1 Å². The average Bonchev–Trinajstić information content (AvgIpc) is 2.61. The Morgan fingerprint density at radius 1 is 1.07 bits per heavy atom. The molecular weight excluding hydrogens is 384 g/mol. The van der Waals surface area contributed by atoms with Crippen LogP contribution in [0.2, 0.25) is 5.15 Å². The summed E-state index contributed by atoms with van der Waals surface area (Å²) in [4.78, 5) is 28.4. The number of ether oxygens (including phenoxy) is 3. The van der Waals surface area contributed by atoms with Crippen molar-refractivity contribution in [3.05, 3.63) is 46.2 Å². The van der Waals surface area contributed by atoms with E-state index < -0.39 is 18.5 Å². The summed E-state index contributed by atoms with van der Waals surface area (Å²) in [7, 11) is 0. The number of rotatable bonds is 8. The molecule has 0 atom stereocenters. The molecule has 28 heavy (non-hydrogen) atoms. The number of aromatic nitrogens is 1. The van der Waals surface area contributed by atoms with E-state index in [0.717, 1.165) is 0 Å². The Hall–Kier alpha value is -2.80. The molecule has 0 unspecified atom stereocenters. The topological polar surface area (TPSA) is 86.8 Å². The van der Waals surface area contributed by atoms with Gasteiger partial charge >= 0.3 is 5.97 Å². The standard InChI is InChI=1S/C20H23ClN2O5/c1-5-26-15-8-7-14(10-16(15)27-6-2)23-17(24)11-28-20(25)18-12(3)9-13(4)22-19(18)21/h7-10H,5-6,11H2,1-4H3,(H,23,24). The maximum Gasteiger partial charge on any atom is 0.342 e. The van der Waals surface area contributed by atoms with Gasteiger partial charge < -0.3 is 19.5 Å². The van der Waals surface area contributed by atoms with Crippen LogP contribution >= 0.6 is 11.6 Å². The van der Waals surface area contributed by atoms with Gasteiger partial charge in [-0.1, -0.05) is 11.6 Å². The third-order valence-electron chi connectivity index (χ3n) is 3.67. The lowest BCUT2D eigenvalue weighted by Gasteiger charge is -2.13. The number of hydrogen-bond donors (Lipinski definition) is 1. The first-order chi connectivity index (χ1) is 13.3. The van der Waals surface area contributed by atoms with Gasteiger partial charge in [0.05, 0.1) is 18.8 Å². The molecule has 0 fully saturated rings. The first-order valence-electron chi connectivity index (χ1n) is 8.86. The second kappa shape index (κ2) is 9.94. The molecule has 1 aromatic heterocycles. The third kappa shape index (κ3) is 5.60. The number of halogens is 1. The molecule has 2 rings (SSSR count). The number of pyridine rings is 1. The van der Waals surface area contributed by atoms with Gasteiger partial charge in [-0.15, -0.1) is 0 Å². The van der Waals surface area contributed by atoms with Gasteiger partial charge in [0.25, 0.3) is 5.91 Å². The molecule has 0 aliphatic carbocycles. The lowest BCUT2D eigenvalue weighted by atomic mass is 10.1. The molecule has 0 bridgehead atoms. The number of amides is 1. The van der Waals surface area contributed by atoms with Crippen molar-refractivity contribution < 1.29 is 23.8 Å². The van der Waals surface area contributed by atoms with Gasteiger partial charge in [-0.3, -0.25) is 4.79 Å². The fourth-order valence-corrected chi connectivity index (χ4v) is 2.93. The van der Waals surface area contributed by atoms with Crippen LogP contribution in [0, 0.1) is 13.8 Å². The van der Waals surface area contributed by atoms with Crippen LogP contribution in [-0.2, 0) is 9.53 Å². The van der Waals surface area contributed by atoms with E-state index in [1.165, 1.54) is 0 Å². The molecule has 150 valence electrons. The highest BCUT2D eigenvalue weighted by Crippen LogP contribution is 2.30. The molecule has 0 saturated heterocycles. The molecule has 1 heterocycles. The number of anilines is 1. The fraction of sp³-hybridized carbons (Fsp3) is 0.350. The first-order valence-corrected chi connectivity index (χ1v) is 9.23. The van der Waals surface area contributed by atoms with Gasteiger partial charge in [0.1, 0.15) is 5.15 Å². The van der Waals surface area contributed by atoms with E-state index in [9.17, 15) is 9.59 Å². The van der Waals surface area contributed by atoms with Crippen molar-refractivity contribution in [1.29, 1.82) is 0 Å². The van der Waals surface area contributed by atoms with Crippen molar-refractivity contribution >= 4 is 29.2 Å². The zero-order chi connectivity index (χ0) is 20.7. The molecule has 7 nitrogen and oxygen atoms in total. The smallest absolute Gasteiger partial charge is 0.342 e. The predicted molar refractivity (Wildman–Crippen MR) is 106 cm³/mol. The predicted octanol–water partition coefficient (Wildman–Crippen LogP) is 3.94. The van der Waals surface area contributed by atoms with E-state index in [-0.39, 0.29) is 10.7 Å². The summed E-state index contributed by atoms with van der Waals surface area (Å²) in [6.07, 6.45) is 0. The zero-order valence-corrected chi connectivity index (χ0v) is 17.1. The third-order valence-corrected chi connectivity index (χ3v) is 3.94.